The summed E-state index contributed by atoms with van der Waals surface area (Å²) in [6.07, 6.45) is -0.520. The van der Waals surface area contributed by atoms with Gasteiger partial charge in [-0.3, -0.25) is 0 Å². The van der Waals surface area contributed by atoms with Crippen LogP contribution in [0.2, 0.25) is 0 Å². The van der Waals surface area contributed by atoms with Crippen molar-refractivity contribution in [2.75, 3.05) is 0 Å². The number of hydrogen-bond acceptors (Lipinski definition) is 2. The third kappa shape index (κ3) is 3.85. The van der Waals surface area contributed by atoms with Crippen molar-refractivity contribution in [2.24, 2.45) is 0 Å². The molecule has 2 aromatic rings. The molecule has 0 aliphatic heterocycles. The molecule has 0 amide bonds. The number of carbonyl (C=O) groups is 1. The number of aryl methyl sites for hydroxylation is 1. The lowest BCUT2D eigenvalue weighted by Gasteiger charge is -2.15. The Bertz CT molecular complexity index is 549. The van der Waals surface area contributed by atoms with Gasteiger partial charge in [-0.25, -0.2) is 4.79 Å². The zero-order valence-corrected chi connectivity index (χ0v) is 10.7. The highest BCUT2D eigenvalue weighted by molar-refractivity contribution is 5.73. The van der Waals surface area contributed by atoms with Crippen molar-refractivity contribution in [2.45, 2.75) is 19.4 Å². The molecule has 2 aromatic carbocycles. The van der Waals surface area contributed by atoms with Crippen LogP contribution in [0.25, 0.3) is 0 Å². The molecule has 98 valence electrons. The second-order valence-corrected chi connectivity index (χ2v) is 4.45. The molecule has 2 rings (SSSR count). The summed E-state index contributed by atoms with van der Waals surface area (Å²) < 4.78 is 5.56. The molecule has 0 saturated carbocycles. The van der Waals surface area contributed by atoms with Crippen LogP contribution < -0.4 is 4.74 Å². The van der Waals surface area contributed by atoms with Crippen molar-refractivity contribution in [1.29, 1.82) is 0 Å². The lowest BCUT2D eigenvalue weighted by atomic mass is 10.1. The van der Waals surface area contributed by atoms with Gasteiger partial charge < -0.3 is 9.84 Å². The second kappa shape index (κ2) is 6.05. The molecule has 0 bridgehead atoms. The fourth-order valence-corrected chi connectivity index (χ4v) is 1.86. The fraction of sp³-hybridized carbons (Fsp3) is 0.188. The van der Waals surface area contributed by atoms with Crippen molar-refractivity contribution in [3.05, 3.63) is 65.7 Å². The zero-order chi connectivity index (χ0) is 13.7. The Kier molecular flexibility index (Phi) is 4.18. The molecule has 3 heteroatoms. The van der Waals surface area contributed by atoms with Crippen LogP contribution in [0, 0.1) is 6.92 Å². The molecule has 0 fully saturated rings. The van der Waals surface area contributed by atoms with Gasteiger partial charge >= 0.3 is 5.97 Å². The number of carboxylic acid groups (broad SMARTS) is 1. The van der Waals surface area contributed by atoms with Crippen LogP contribution in [-0.2, 0) is 11.2 Å². The van der Waals surface area contributed by atoms with Crippen LogP contribution in [-0.4, -0.2) is 17.2 Å². The molecule has 1 N–H and O–H groups in total. The molecule has 3 nitrogen and oxygen atoms in total. The summed E-state index contributed by atoms with van der Waals surface area (Å²) in [5.74, 6) is -0.367. The minimum absolute atomic E-state index is 0.351. The first-order valence-electron chi connectivity index (χ1n) is 6.15. The highest BCUT2D eigenvalue weighted by Crippen LogP contribution is 2.16. The Morgan fingerprint density at radius 3 is 2.53 bits per heavy atom. The van der Waals surface area contributed by atoms with Crippen molar-refractivity contribution in [1.82, 2.24) is 0 Å². The summed E-state index contributed by atoms with van der Waals surface area (Å²) in [5, 5.41) is 9.24. The average molecular weight is 256 g/mol. The number of rotatable bonds is 5. The van der Waals surface area contributed by atoms with E-state index >= 15 is 0 Å². The Balaban J connectivity index is 2.11. The third-order valence-corrected chi connectivity index (χ3v) is 2.81. The first-order valence-corrected chi connectivity index (χ1v) is 6.15. The van der Waals surface area contributed by atoms with Crippen LogP contribution in [0.4, 0.5) is 0 Å². The van der Waals surface area contributed by atoms with Crippen LogP contribution in [0.1, 0.15) is 11.1 Å². The van der Waals surface area contributed by atoms with E-state index in [1.54, 1.807) is 6.07 Å². The van der Waals surface area contributed by atoms with E-state index in [4.69, 9.17) is 4.74 Å². The number of benzene rings is 2. The first-order chi connectivity index (χ1) is 9.15. The van der Waals surface area contributed by atoms with E-state index in [1.165, 1.54) is 0 Å². The van der Waals surface area contributed by atoms with E-state index in [0.717, 1.165) is 11.1 Å². The van der Waals surface area contributed by atoms with E-state index < -0.39 is 12.1 Å². The lowest BCUT2D eigenvalue weighted by molar-refractivity contribution is -0.145. The normalized spacial score (nSPS) is 11.8. The Morgan fingerprint density at radius 1 is 1.16 bits per heavy atom. The lowest BCUT2D eigenvalue weighted by Crippen LogP contribution is -2.29. The molecule has 0 radical (unpaired) electrons. The van der Waals surface area contributed by atoms with Crippen LogP contribution in [0.5, 0.6) is 5.75 Å². The average Bonchev–Trinajstić information content (AvgIpc) is 2.39. The van der Waals surface area contributed by atoms with Crippen molar-refractivity contribution in [3.8, 4) is 5.75 Å². The fourth-order valence-electron chi connectivity index (χ4n) is 1.86. The summed E-state index contributed by atoms with van der Waals surface area (Å²) in [6, 6.07) is 16.9. The van der Waals surface area contributed by atoms with Gasteiger partial charge in [0.1, 0.15) is 5.75 Å². The smallest absolute Gasteiger partial charge is 0.345 e. The number of ether oxygens (including phenoxy) is 1. The van der Waals surface area contributed by atoms with Crippen molar-refractivity contribution < 1.29 is 14.6 Å². The van der Waals surface area contributed by atoms with E-state index in [2.05, 4.69) is 0 Å². The topological polar surface area (TPSA) is 46.5 Å². The standard InChI is InChI=1S/C16H16O3/c1-12-6-5-9-14(10-12)19-15(16(17)18)11-13-7-3-2-4-8-13/h2-10,15H,11H2,1H3,(H,17,18)/t15-/m0/s1. The Hall–Kier alpha value is -2.29. The maximum atomic E-state index is 11.3. The molecule has 0 unspecified atom stereocenters. The molecule has 0 aliphatic rings. The molecular weight excluding hydrogens is 240 g/mol. The van der Waals surface area contributed by atoms with Gasteiger partial charge in [-0.1, -0.05) is 42.5 Å². The largest absolute Gasteiger partial charge is 0.478 e. The zero-order valence-electron chi connectivity index (χ0n) is 10.7. The SMILES string of the molecule is Cc1cccc(O[C@@H](Cc2ccccc2)C(=O)O)c1. The number of carboxylic acids is 1. The first kappa shape index (κ1) is 13.1. The van der Waals surface area contributed by atoms with E-state index in [1.807, 2.05) is 55.5 Å². The van der Waals surface area contributed by atoms with Gasteiger partial charge in [0.05, 0.1) is 0 Å². The van der Waals surface area contributed by atoms with Crippen molar-refractivity contribution in [3.63, 3.8) is 0 Å². The maximum absolute atomic E-state index is 11.3. The highest BCUT2D eigenvalue weighted by Gasteiger charge is 2.19. The van der Waals surface area contributed by atoms with Gasteiger partial charge in [0.2, 0.25) is 0 Å². The van der Waals surface area contributed by atoms with Gasteiger partial charge in [0.15, 0.2) is 6.10 Å². The van der Waals surface area contributed by atoms with Crippen molar-refractivity contribution >= 4 is 5.97 Å². The summed E-state index contributed by atoms with van der Waals surface area (Å²) >= 11 is 0. The molecule has 0 saturated heterocycles. The predicted molar refractivity (Wildman–Crippen MR) is 73.4 cm³/mol. The van der Waals surface area contributed by atoms with Crippen LogP contribution in [0.15, 0.2) is 54.6 Å². The second-order valence-electron chi connectivity index (χ2n) is 4.45. The van der Waals surface area contributed by atoms with Crippen LogP contribution >= 0.6 is 0 Å². The maximum Gasteiger partial charge on any atom is 0.345 e. The summed E-state index contributed by atoms with van der Waals surface area (Å²) in [4.78, 5) is 11.3. The minimum atomic E-state index is -0.953. The molecular formula is C16H16O3. The predicted octanol–water partition coefficient (Wildman–Crippen LogP) is 3.07. The van der Waals surface area contributed by atoms with Crippen LogP contribution in [0.3, 0.4) is 0 Å². The molecule has 0 heterocycles. The third-order valence-electron chi connectivity index (χ3n) is 2.81. The van der Waals surface area contributed by atoms with E-state index in [0.29, 0.717) is 12.2 Å². The quantitative estimate of drug-likeness (QED) is 0.894. The minimum Gasteiger partial charge on any atom is -0.478 e. The van der Waals surface area contributed by atoms with Gasteiger partial charge in [-0.05, 0) is 30.2 Å². The molecule has 0 spiro atoms. The number of aliphatic carboxylic acids is 1. The monoisotopic (exact) mass is 256 g/mol. The van der Waals surface area contributed by atoms with E-state index in [9.17, 15) is 9.90 Å². The molecule has 1 atom stereocenters. The van der Waals surface area contributed by atoms with Gasteiger partial charge in [-0.2, -0.15) is 0 Å². The van der Waals surface area contributed by atoms with Gasteiger partial charge in [-0.15, -0.1) is 0 Å². The van der Waals surface area contributed by atoms with Gasteiger partial charge in [0, 0.05) is 6.42 Å². The Labute approximate surface area is 112 Å². The molecule has 0 aliphatic carbocycles. The summed E-state index contributed by atoms with van der Waals surface area (Å²) in [6.45, 7) is 1.94. The Morgan fingerprint density at radius 2 is 1.89 bits per heavy atom. The van der Waals surface area contributed by atoms with Gasteiger partial charge in [0.25, 0.3) is 0 Å². The summed E-state index contributed by atoms with van der Waals surface area (Å²) in [7, 11) is 0. The molecule has 0 aromatic heterocycles. The molecule has 19 heavy (non-hydrogen) atoms. The summed E-state index contributed by atoms with van der Waals surface area (Å²) in [5.41, 5.74) is 1.99. The number of hydrogen-bond donors (Lipinski definition) is 1. The van der Waals surface area contributed by atoms with E-state index in [-0.39, 0.29) is 0 Å². The highest BCUT2D eigenvalue weighted by atomic mass is 16.5.